The Hall–Kier alpha value is -3.15. The van der Waals surface area contributed by atoms with E-state index in [2.05, 4.69) is 22.2 Å². The molecule has 8 heteroatoms. The van der Waals surface area contributed by atoms with E-state index in [0.717, 1.165) is 4.90 Å². The Labute approximate surface area is 172 Å². The van der Waals surface area contributed by atoms with Gasteiger partial charge in [0.1, 0.15) is 23.5 Å². The molecule has 0 saturated heterocycles. The topological polar surface area (TPSA) is 80.1 Å². The van der Waals surface area contributed by atoms with Gasteiger partial charge in [-0.2, -0.15) is 5.26 Å². The quantitative estimate of drug-likeness (QED) is 0.514. The summed E-state index contributed by atoms with van der Waals surface area (Å²) in [4.78, 5) is 9.57. The Bertz CT molecular complexity index is 991. The predicted octanol–water partition coefficient (Wildman–Crippen LogP) is 5.15. The molecule has 0 spiro atoms. The van der Waals surface area contributed by atoms with E-state index in [-0.39, 0.29) is 11.1 Å². The molecule has 148 valence electrons. The van der Waals surface area contributed by atoms with Gasteiger partial charge in [0.05, 0.1) is 12.2 Å². The van der Waals surface area contributed by atoms with Gasteiger partial charge in [0.15, 0.2) is 11.6 Å². The van der Waals surface area contributed by atoms with E-state index in [4.69, 9.17) is 14.7 Å². The summed E-state index contributed by atoms with van der Waals surface area (Å²) >= 11 is 1.61. The lowest BCUT2D eigenvalue weighted by molar-refractivity contribution is 0.203. The molecule has 3 rings (SSSR count). The molecule has 0 aliphatic heterocycles. The normalized spacial score (nSPS) is 11.5. The molecule has 0 fully saturated rings. The fraction of sp³-hybridized carbons (Fsp3) is 0.190. The zero-order valence-electron chi connectivity index (χ0n) is 15.9. The van der Waals surface area contributed by atoms with E-state index >= 15 is 0 Å². The second-order valence-electron chi connectivity index (χ2n) is 6.13. The van der Waals surface area contributed by atoms with Crippen molar-refractivity contribution in [2.75, 3.05) is 19.0 Å². The van der Waals surface area contributed by atoms with Crippen molar-refractivity contribution in [3.63, 3.8) is 0 Å². The number of aromatic nitrogens is 2. The predicted molar refractivity (Wildman–Crippen MR) is 110 cm³/mol. The monoisotopic (exact) mass is 410 g/mol. The highest BCUT2D eigenvalue weighted by atomic mass is 32.2. The van der Waals surface area contributed by atoms with Crippen LogP contribution in [0.3, 0.4) is 0 Å². The van der Waals surface area contributed by atoms with Crippen LogP contribution in [-0.4, -0.2) is 28.9 Å². The summed E-state index contributed by atoms with van der Waals surface area (Å²) in [5.74, 6) is 1.59. The van der Waals surface area contributed by atoms with Gasteiger partial charge < -0.3 is 14.8 Å². The maximum atomic E-state index is 13.2. The van der Waals surface area contributed by atoms with Gasteiger partial charge in [-0.05, 0) is 42.5 Å². The minimum absolute atomic E-state index is 0.236. The fourth-order valence-corrected chi connectivity index (χ4v) is 3.41. The van der Waals surface area contributed by atoms with Crippen LogP contribution in [0.15, 0.2) is 59.8 Å². The first kappa shape index (κ1) is 20.6. The highest BCUT2D eigenvalue weighted by molar-refractivity contribution is 8.00. The van der Waals surface area contributed by atoms with Crippen LogP contribution in [0, 0.1) is 17.1 Å². The minimum atomic E-state index is -0.340. The summed E-state index contributed by atoms with van der Waals surface area (Å²) in [5.41, 5.74) is 0.463. The molecule has 0 radical (unpaired) electrons. The standard InChI is InChI=1S/C21H19FN4O2S/c1-14(13-27-2)29-18-9-19(28-17-6-4-16(22)5-7-17)21(25-12-18)26-20-8-3-15(10-23)11-24-20/h3-9,11-12,14H,13H2,1-2H3,(H,24,25,26). The second-order valence-corrected chi connectivity index (χ2v) is 7.64. The van der Waals surface area contributed by atoms with Gasteiger partial charge in [0, 0.05) is 29.6 Å². The Balaban J connectivity index is 1.88. The van der Waals surface area contributed by atoms with Crippen molar-refractivity contribution in [2.45, 2.75) is 17.1 Å². The van der Waals surface area contributed by atoms with Crippen LogP contribution in [0.5, 0.6) is 11.5 Å². The van der Waals surface area contributed by atoms with E-state index in [1.807, 2.05) is 12.1 Å². The highest BCUT2D eigenvalue weighted by Crippen LogP contribution is 2.34. The van der Waals surface area contributed by atoms with Crippen molar-refractivity contribution in [3.05, 3.63) is 66.2 Å². The highest BCUT2D eigenvalue weighted by Gasteiger charge is 2.12. The van der Waals surface area contributed by atoms with Crippen molar-refractivity contribution in [3.8, 4) is 17.6 Å². The van der Waals surface area contributed by atoms with Crippen molar-refractivity contribution >= 4 is 23.4 Å². The van der Waals surface area contributed by atoms with E-state index in [1.165, 1.54) is 18.3 Å². The SMILES string of the molecule is COCC(C)Sc1cnc(Nc2ccc(C#N)cn2)c(Oc2ccc(F)cc2)c1. The third-order valence-electron chi connectivity index (χ3n) is 3.75. The van der Waals surface area contributed by atoms with Crippen LogP contribution < -0.4 is 10.1 Å². The summed E-state index contributed by atoms with van der Waals surface area (Å²) in [7, 11) is 1.66. The molecule has 0 aliphatic carbocycles. The van der Waals surface area contributed by atoms with Gasteiger partial charge in [0.2, 0.25) is 0 Å². The molecule has 3 aromatic rings. The number of nitrogens with zero attached hydrogens (tertiary/aromatic N) is 3. The molecule has 2 aromatic heterocycles. The third kappa shape index (κ3) is 5.91. The molecule has 0 saturated carbocycles. The number of rotatable bonds is 8. The molecule has 1 N–H and O–H groups in total. The number of hydrogen-bond donors (Lipinski definition) is 1. The number of methoxy groups -OCH3 is 1. The fourth-order valence-electron chi connectivity index (χ4n) is 2.45. The molecule has 2 heterocycles. The molecule has 0 bridgehead atoms. The molecular formula is C21H19FN4O2S. The number of nitrogens with one attached hydrogen (secondary N) is 1. The number of nitriles is 1. The maximum absolute atomic E-state index is 13.2. The summed E-state index contributed by atoms with van der Waals surface area (Å²) in [5, 5.41) is 12.2. The van der Waals surface area contributed by atoms with E-state index in [1.54, 1.807) is 49.3 Å². The van der Waals surface area contributed by atoms with Crippen molar-refractivity contribution in [2.24, 2.45) is 0 Å². The Morgan fingerprint density at radius 2 is 1.97 bits per heavy atom. The summed E-state index contributed by atoms with van der Waals surface area (Å²) in [6.07, 6.45) is 3.21. The summed E-state index contributed by atoms with van der Waals surface area (Å²) in [6.45, 7) is 2.66. The number of anilines is 2. The lowest BCUT2D eigenvalue weighted by Gasteiger charge is -2.15. The van der Waals surface area contributed by atoms with Gasteiger partial charge in [-0.25, -0.2) is 14.4 Å². The summed E-state index contributed by atoms with van der Waals surface area (Å²) in [6, 6.07) is 13.0. The van der Waals surface area contributed by atoms with Gasteiger partial charge in [-0.1, -0.05) is 6.92 Å². The molecular weight excluding hydrogens is 391 g/mol. The average molecular weight is 410 g/mol. The number of pyridine rings is 2. The number of benzene rings is 1. The Morgan fingerprint density at radius 3 is 2.62 bits per heavy atom. The molecule has 1 unspecified atom stereocenters. The number of ether oxygens (including phenoxy) is 2. The molecule has 29 heavy (non-hydrogen) atoms. The first-order chi connectivity index (χ1) is 14.1. The lowest BCUT2D eigenvalue weighted by Crippen LogP contribution is -2.05. The van der Waals surface area contributed by atoms with E-state index < -0.39 is 0 Å². The van der Waals surface area contributed by atoms with Crippen LogP contribution in [0.4, 0.5) is 16.0 Å². The van der Waals surface area contributed by atoms with Crippen LogP contribution in [0.1, 0.15) is 12.5 Å². The van der Waals surface area contributed by atoms with Gasteiger partial charge in [-0.3, -0.25) is 0 Å². The van der Waals surface area contributed by atoms with Crippen molar-refractivity contribution in [1.29, 1.82) is 5.26 Å². The Kier molecular flexibility index (Phi) is 7.00. The van der Waals surface area contributed by atoms with Gasteiger partial charge >= 0.3 is 0 Å². The molecule has 1 aromatic carbocycles. The minimum Gasteiger partial charge on any atom is -0.453 e. The number of hydrogen-bond acceptors (Lipinski definition) is 7. The van der Waals surface area contributed by atoms with Crippen LogP contribution in [0.25, 0.3) is 0 Å². The number of halogens is 1. The van der Waals surface area contributed by atoms with Crippen LogP contribution in [-0.2, 0) is 4.74 Å². The first-order valence-corrected chi connectivity index (χ1v) is 9.67. The first-order valence-electron chi connectivity index (χ1n) is 8.79. The second kappa shape index (κ2) is 9.87. The lowest BCUT2D eigenvalue weighted by atomic mass is 10.3. The Morgan fingerprint density at radius 1 is 1.17 bits per heavy atom. The molecule has 6 nitrogen and oxygen atoms in total. The smallest absolute Gasteiger partial charge is 0.175 e. The largest absolute Gasteiger partial charge is 0.453 e. The number of thioether (sulfide) groups is 1. The molecule has 1 atom stereocenters. The maximum Gasteiger partial charge on any atom is 0.175 e. The van der Waals surface area contributed by atoms with E-state index in [0.29, 0.717) is 35.3 Å². The molecule has 0 amide bonds. The molecule has 0 aliphatic rings. The summed E-state index contributed by atoms with van der Waals surface area (Å²) < 4.78 is 24.3. The van der Waals surface area contributed by atoms with Crippen molar-refractivity contribution < 1.29 is 13.9 Å². The van der Waals surface area contributed by atoms with Gasteiger partial charge in [-0.15, -0.1) is 11.8 Å². The van der Waals surface area contributed by atoms with Crippen molar-refractivity contribution in [1.82, 2.24) is 9.97 Å². The third-order valence-corrected chi connectivity index (χ3v) is 4.78. The van der Waals surface area contributed by atoms with Crippen LogP contribution >= 0.6 is 11.8 Å². The zero-order chi connectivity index (χ0) is 20.6. The van der Waals surface area contributed by atoms with E-state index in [9.17, 15) is 4.39 Å². The van der Waals surface area contributed by atoms with Gasteiger partial charge in [0.25, 0.3) is 0 Å². The zero-order valence-corrected chi connectivity index (χ0v) is 16.7. The average Bonchev–Trinajstić information content (AvgIpc) is 2.72. The van der Waals surface area contributed by atoms with Crippen LogP contribution in [0.2, 0.25) is 0 Å².